The molecule has 4 aromatic rings. The highest BCUT2D eigenvalue weighted by Gasteiger charge is 2.11. The molecule has 1 heterocycles. The Hall–Kier alpha value is -4.20. The summed E-state index contributed by atoms with van der Waals surface area (Å²) in [5.74, 6) is -0.891. The van der Waals surface area contributed by atoms with Crippen molar-refractivity contribution in [1.82, 2.24) is 4.98 Å². The molecular weight excluding hydrogens is 444 g/mol. The van der Waals surface area contributed by atoms with Crippen LogP contribution in [0, 0.1) is 18.6 Å². The monoisotopic (exact) mass is 465 g/mol. The summed E-state index contributed by atoms with van der Waals surface area (Å²) in [6, 6.07) is 18.1. The van der Waals surface area contributed by atoms with Gasteiger partial charge >= 0.3 is 5.97 Å². The van der Waals surface area contributed by atoms with Crippen molar-refractivity contribution in [2.45, 2.75) is 27.1 Å². The van der Waals surface area contributed by atoms with E-state index in [2.05, 4.69) is 9.87 Å². The number of nitrogens with zero attached hydrogens (tertiary/aromatic N) is 1. The largest absolute Gasteiger partial charge is 0.489 e. The molecule has 0 atom stereocenters. The number of carbonyl (C=O) groups is 1. The molecule has 0 spiro atoms. The number of ether oxygens (including phenoxy) is 2. The first-order chi connectivity index (χ1) is 16.4. The third kappa shape index (κ3) is 5.58. The van der Waals surface area contributed by atoms with Gasteiger partial charge in [0.25, 0.3) is 0 Å². The van der Waals surface area contributed by atoms with E-state index in [1.54, 1.807) is 36.4 Å². The number of hydrogen-bond acceptors (Lipinski definition) is 6. The molecule has 0 aliphatic carbocycles. The van der Waals surface area contributed by atoms with E-state index < -0.39 is 17.6 Å². The molecule has 0 bridgehead atoms. The lowest BCUT2D eigenvalue weighted by Crippen LogP contribution is -2.07. The minimum Gasteiger partial charge on any atom is -0.489 e. The Balaban J connectivity index is 1.41. The van der Waals surface area contributed by atoms with Crippen molar-refractivity contribution in [3.05, 3.63) is 95.2 Å². The molecule has 0 unspecified atom stereocenters. The van der Waals surface area contributed by atoms with Gasteiger partial charge in [0.1, 0.15) is 24.7 Å². The first kappa shape index (κ1) is 23.0. The van der Waals surface area contributed by atoms with Gasteiger partial charge in [0.05, 0.1) is 11.2 Å². The minimum atomic E-state index is -0.946. The van der Waals surface area contributed by atoms with E-state index in [1.807, 2.05) is 25.1 Å². The second-order valence-corrected chi connectivity index (χ2v) is 7.54. The topological polar surface area (TPSA) is 66.9 Å². The lowest BCUT2D eigenvalue weighted by Gasteiger charge is -2.13. The molecule has 174 valence electrons. The molecule has 1 aromatic heterocycles. The quantitative estimate of drug-likeness (QED) is 0.241. The average Bonchev–Trinajstić information content (AvgIpc) is 2.81. The number of halogens is 2. The number of benzene rings is 3. The Morgan fingerprint density at radius 2 is 1.59 bits per heavy atom. The van der Waals surface area contributed by atoms with Crippen molar-refractivity contribution >= 4 is 16.9 Å². The Labute approximate surface area is 194 Å². The fourth-order valence-electron chi connectivity index (χ4n) is 3.26. The van der Waals surface area contributed by atoms with Crippen molar-refractivity contribution in [3.63, 3.8) is 0 Å². The summed E-state index contributed by atoms with van der Waals surface area (Å²) in [4.78, 5) is 25.3. The average molecular weight is 465 g/mol. The third-order valence-electron chi connectivity index (χ3n) is 4.91. The standard InChI is InChI=1S/C26H21F2NO5/c1-16-5-3-6-19(26(16)34-33-17(2)30)14-31-21-7-4-8-22(12-21)32-15-20-10-9-18-11-23(27)24(28)13-25(18)29-20/h3-13H,14-15H2,1-2H3. The van der Waals surface area contributed by atoms with Crippen molar-refractivity contribution in [2.24, 2.45) is 0 Å². The maximum atomic E-state index is 13.5. The Kier molecular flexibility index (Phi) is 6.87. The van der Waals surface area contributed by atoms with Crippen LogP contribution in [0.3, 0.4) is 0 Å². The van der Waals surface area contributed by atoms with Gasteiger partial charge in [-0.25, -0.2) is 18.6 Å². The predicted octanol–water partition coefficient (Wildman–Crippen LogP) is 5.84. The van der Waals surface area contributed by atoms with Crippen LogP contribution in [0.1, 0.15) is 23.7 Å². The van der Waals surface area contributed by atoms with Crippen LogP contribution in [0.15, 0.2) is 66.7 Å². The molecule has 4 rings (SSSR count). The van der Waals surface area contributed by atoms with Crippen molar-refractivity contribution in [1.29, 1.82) is 0 Å². The number of aryl methyl sites for hydroxylation is 1. The number of fused-ring (bicyclic) bond motifs is 1. The van der Waals surface area contributed by atoms with Gasteiger partial charge in [-0.1, -0.05) is 30.3 Å². The van der Waals surface area contributed by atoms with Crippen molar-refractivity contribution in [3.8, 4) is 17.2 Å². The summed E-state index contributed by atoms with van der Waals surface area (Å²) in [6.07, 6.45) is 0. The molecule has 0 radical (unpaired) electrons. The molecule has 0 amide bonds. The first-order valence-electron chi connectivity index (χ1n) is 10.4. The zero-order chi connectivity index (χ0) is 24.1. The van der Waals surface area contributed by atoms with E-state index >= 15 is 0 Å². The molecular formula is C26H21F2NO5. The van der Waals surface area contributed by atoms with E-state index in [4.69, 9.17) is 14.4 Å². The number of carbonyl (C=O) groups excluding carboxylic acids is 1. The highest BCUT2D eigenvalue weighted by atomic mass is 19.2. The van der Waals surface area contributed by atoms with Gasteiger partial charge in [-0.15, -0.1) is 0 Å². The van der Waals surface area contributed by atoms with E-state index in [9.17, 15) is 13.6 Å². The maximum absolute atomic E-state index is 13.5. The number of hydrogen-bond donors (Lipinski definition) is 0. The molecule has 0 saturated carbocycles. The second-order valence-electron chi connectivity index (χ2n) is 7.54. The zero-order valence-electron chi connectivity index (χ0n) is 18.5. The SMILES string of the molecule is CC(=O)OOc1c(C)cccc1COc1cccc(OCc2ccc3cc(F)c(F)cc3n2)c1. The molecule has 0 aliphatic heterocycles. The van der Waals surface area contributed by atoms with Crippen molar-refractivity contribution in [2.75, 3.05) is 0 Å². The van der Waals surface area contributed by atoms with Gasteiger partial charge in [-0.3, -0.25) is 9.78 Å². The Bertz CT molecular complexity index is 1340. The first-order valence-corrected chi connectivity index (χ1v) is 10.4. The molecule has 34 heavy (non-hydrogen) atoms. The number of rotatable bonds is 8. The third-order valence-corrected chi connectivity index (χ3v) is 4.91. The molecule has 0 aliphatic rings. The van der Waals surface area contributed by atoms with Gasteiger partial charge in [-0.05, 0) is 36.8 Å². The molecule has 8 heteroatoms. The molecule has 3 aromatic carbocycles. The maximum Gasteiger partial charge on any atom is 0.352 e. The van der Waals surface area contributed by atoms with Crippen LogP contribution in [-0.4, -0.2) is 11.0 Å². The van der Waals surface area contributed by atoms with Crippen LogP contribution in [0.2, 0.25) is 0 Å². The molecule has 0 N–H and O–H groups in total. The van der Waals surface area contributed by atoms with Crippen LogP contribution in [0.25, 0.3) is 10.9 Å². The molecule has 0 fully saturated rings. The van der Waals surface area contributed by atoms with Crippen LogP contribution in [-0.2, 0) is 22.9 Å². The van der Waals surface area contributed by atoms with Gasteiger partial charge in [0, 0.05) is 30.0 Å². The van der Waals surface area contributed by atoms with Crippen LogP contribution < -0.4 is 14.4 Å². The van der Waals surface area contributed by atoms with Crippen LogP contribution >= 0.6 is 0 Å². The smallest absolute Gasteiger partial charge is 0.352 e. The lowest BCUT2D eigenvalue weighted by molar-refractivity contribution is -0.211. The summed E-state index contributed by atoms with van der Waals surface area (Å²) >= 11 is 0. The minimum absolute atomic E-state index is 0.136. The van der Waals surface area contributed by atoms with Crippen LogP contribution in [0.5, 0.6) is 17.2 Å². The van der Waals surface area contributed by atoms with Gasteiger partial charge < -0.3 is 9.47 Å². The summed E-state index contributed by atoms with van der Waals surface area (Å²) in [5.41, 5.74) is 2.42. The Morgan fingerprint density at radius 1 is 0.882 bits per heavy atom. The lowest BCUT2D eigenvalue weighted by atomic mass is 10.1. The van der Waals surface area contributed by atoms with Gasteiger partial charge in [0.15, 0.2) is 17.4 Å². The Morgan fingerprint density at radius 3 is 2.35 bits per heavy atom. The number of pyridine rings is 1. The van der Waals surface area contributed by atoms with E-state index in [1.165, 1.54) is 6.92 Å². The van der Waals surface area contributed by atoms with Crippen molar-refractivity contribution < 1.29 is 32.8 Å². The fourth-order valence-corrected chi connectivity index (χ4v) is 3.26. The van der Waals surface area contributed by atoms with E-state index in [0.29, 0.717) is 39.4 Å². The highest BCUT2D eigenvalue weighted by molar-refractivity contribution is 5.78. The van der Waals surface area contributed by atoms with E-state index in [-0.39, 0.29) is 13.2 Å². The van der Waals surface area contributed by atoms with Gasteiger partial charge in [-0.2, -0.15) is 0 Å². The molecule has 6 nitrogen and oxygen atoms in total. The summed E-state index contributed by atoms with van der Waals surface area (Å²) in [6.45, 7) is 3.40. The normalized spacial score (nSPS) is 10.7. The summed E-state index contributed by atoms with van der Waals surface area (Å²) in [5, 5.41) is 0.506. The fraction of sp³-hybridized carbons (Fsp3) is 0.154. The van der Waals surface area contributed by atoms with Crippen LogP contribution in [0.4, 0.5) is 8.78 Å². The number of para-hydroxylation sites is 1. The zero-order valence-corrected chi connectivity index (χ0v) is 18.5. The predicted molar refractivity (Wildman–Crippen MR) is 120 cm³/mol. The van der Waals surface area contributed by atoms with E-state index in [0.717, 1.165) is 17.7 Å². The second kappa shape index (κ2) is 10.2. The summed E-state index contributed by atoms with van der Waals surface area (Å²) < 4.78 is 38.6. The molecule has 0 saturated heterocycles. The number of aromatic nitrogens is 1. The van der Waals surface area contributed by atoms with Gasteiger partial charge in [0.2, 0.25) is 0 Å². The summed E-state index contributed by atoms with van der Waals surface area (Å²) in [7, 11) is 0. The highest BCUT2D eigenvalue weighted by Crippen LogP contribution is 2.27.